The molecule has 3 N–H and O–H groups in total. The topological polar surface area (TPSA) is 81.4 Å². The fraction of sp³-hybridized carbons (Fsp3) is 0.300. The highest BCUT2D eigenvalue weighted by atomic mass is 16.5. The number of hydrogen-bond donors (Lipinski definition) is 2. The van der Waals surface area contributed by atoms with E-state index in [0.29, 0.717) is 31.4 Å². The molecule has 1 amide bonds. The van der Waals surface area contributed by atoms with Crippen LogP contribution in [0.4, 0.5) is 5.69 Å². The first kappa shape index (κ1) is 18.5. The zero-order chi connectivity index (χ0) is 18.1. The Balaban J connectivity index is 1.64. The van der Waals surface area contributed by atoms with Crippen molar-refractivity contribution in [1.29, 1.82) is 0 Å². The van der Waals surface area contributed by atoms with Crippen LogP contribution in [0.15, 0.2) is 48.5 Å². The van der Waals surface area contributed by atoms with Gasteiger partial charge in [0.15, 0.2) is 5.78 Å². The SMILES string of the molecule is COc1ccc(C(=O)CCCC(=O)NCCc2ccc(N)cc2)cc1. The van der Waals surface area contributed by atoms with E-state index in [1.54, 1.807) is 31.4 Å². The van der Waals surface area contributed by atoms with Crippen molar-refractivity contribution >= 4 is 17.4 Å². The summed E-state index contributed by atoms with van der Waals surface area (Å²) in [5, 5.41) is 2.88. The molecule has 0 heterocycles. The van der Waals surface area contributed by atoms with E-state index < -0.39 is 0 Å². The summed E-state index contributed by atoms with van der Waals surface area (Å²) in [7, 11) is 1.59. The molecule has 2 aromatic carbocycles. The standard InChI is InChI=1S/C20H24N2O3/c1-25-18-11-7-16(8-12-18)19(23)3-2-4-20(24)22-14-13-15-5-9-17(21)10-6-15/h5-12H,2-4,13-14,21H2,1H3,(H,22,24). The van der Waals surface area contributed by atoms with E-state index in [-0.39, 0.29) is 11.7 Å². The number of Topliss-reactive ketones (excluding diaryl/α,β-unsaturated/α-hetero) is 1. The van der Waals surface area contributed by atoms with Gasteiger partial charge < -0.3 is 15.8 Å². The van der Waals surface area contributed by atoms with Crippen molar-refractivity contribution in [3.8, 4) is 5.75 Å². The van der Waals surface area contributed by atoms with Crippen molar-refractivity contribution in [1.82, 2.24) is 5.32 Å². The lowest BCUT2D eigenvalue weighted by molar-refractivity contribution is -0.121. The first-order valence-corrected chi connectivity index (χ1v) is 8.37. The summed E-state index contributed by atoms with van der Waals surface area (Å²) in [6.45, 7) is 0.579. The van der Waals surface area contributed by atoms with Crippen LogP contribution in [0, 0.1) is 0 Å². The zero-order valence-corrected chi connectivity index (χ0v) is 14.5. The van der Waals surface area contributed by atoms with Gasteiger partial charge in [0.1, 0.15) is 5.75 Å². The van der Waals surface area contributed by atoms with Crippen LogP contribution in [0.5, 0.6) is 5.75 Å². The molecule has 0 aliphatic rings. The summed E-state index contributed by atoms with van der Waals surface area (Å²) in [4.78, 5) is 23.9. The van der Waals surface area contributed by atoms with Crippen LogP contribution in [-0.4, -0.2) is 25.3 Å². The fourth-order valence-electron chi connectivity index (χ4n) is 2.45. The number of nitrogens with one attached hydrogen (secondary N) is 1. The Hall–Kier alpha value is -2.82. The molecule has 2 aromatic rings. The molecule has 5 heteroatoms. The third kappa shape index (κ3) is 6.30. The Morgan fingerprint density at radius 1 is 1.00 bits per heavy atom. The predicted octanol–water partition coefficient (Wildman–Crippen LogP) is 2.99. The van der Waals surface area contributed by atoms with Crippen LogP contribution in [0.3, 0.4) is 0 Å². The van der Waals surface area contributed by atoms with Crippen molar-refractivity contribution in [2.24, 2.45) is 0 Å². The number of ketones is 1. The van der Waals surface area contributed by atoms with Crippen molar-refractivity contribution in [2.75, 3.05) is 19.4 Å². The van der Waals surface area contributed by atoms with Crippen molar-refractivity contribution < 1.29 is 14.3 Å². The minimum absolute atomic E-state index is 0.0297. The molecule has 0 bridgehead atoms. The number of methoxy groups -OCH3 is 1. The largest absolute Gasteiger partial charge is 0.497 e. The van der Waals surface area contributed by atoms with Gasteiger partial charge in [-0.1, -0.05) is 12.1 Å². The van der Waals surface area contributed by atoms with Gasteiger partial charge in [-0.3, -0.25) is 9.59 Å². The molecule has 0 saturated carbocycles. The quantitative estimate of drug-likeness (QED) is 0.543. The Kier molecular flexibility index (Phi) is 7.01. The van der Waals surface area contributed by atoms with Gasteiger partial charge in [-0.2, -0.15) is 0 Å². The van der Waals surface area contributed by atoms with Crippen LogP contribution < -0.4 is 15.8 Å². The smallest absolute Gasteiger partial charge is 0.220 e. The number of anilines is 1. The van der Waals surface area contributed by atoms with Crippen molar-refractivity contribution in [2.45, 2.75) is 25.7 Å². The summed E-state index contributed by atoms with van der Waals surface area (Å²) in [6, 6.07) is 14.6. The molecule has 0 aromatic heterocycles. The highest BCUT2D eigenvalue weighted by Crippen LogP contribution is 2.13. The molecule has 0 spiro atoms. The van der Waals surface area contributed by atoms with E-state index in [4.69, 9.17) is 10.5 Å². The average Bonchev–Trinajstić information content (AvgIpc) is 2.63. The van der Waals surface area contributed by atoms with Crippen LogP contribution >= 0.6 is 0 Å². The van der Waals surface area contributed by atoms with Crippen LogP contribution in [0.25, 0.3) is 0 Å². The zero-order valence-electron chi connectivity index (χ0n) is 14.5. The number of benzene rings is 2. The lowest BCUT2D eigenvalue weighted by Crippen LogP contribution is -2.25. The Labute approximate surface area is 148 Å². The predicted molar refractivity (Wildman–Crippen MR) is 98.7 cm³/mol. The maximum Gasteiger partial charge on any atom is 0.220 e. The van der Waals surface area contributed by atoms with E-state index >= 15 is 0 Å². The second-order valence-corrected chi connectivity index (χ2v) is 5.85. The first-order valence-electron chi connectivity index (χ1n) is 8.37. The molecular formula is C20H24N2O3. The van der Waals surface area contributed by atoms with Crippen LogP contribution in [0.1, 0.15) is 35.2 Å². The lowest BCUT2D eigenvalue weighted by Gasteiger charge is -2.06. The van der Waals surface area contributed by atoms with Gasteiger partial charge in [-0.25, -0.2) is 0 Å². The number of amides is 1. The highest BCUT2D eigenvalue weighted by Gasteiger charge is 2.08. The monoisotopic (exact) mass is 340 g/mol. The number of nitrogens with two attached hydrogens (primary N) is 1. The van der Waals surface area contributed by atoms with Gasteiger partial charge in [0.2, 0.25) is 5.91 Å². The number of rotatable bonds is 9. The maximum absolute atomic E-state index is 12.1. The number of carbonyl (C=O) groups excluding carboxylic acids is 2. The minimum atomic E-state index is -0.0297. The summed E-state index contributed by atoms with van der Waals surface area (Å²) >= 11 is 0. The van der Waals surface area contributed by atoms with Crippen molar-refractivity contribution in [3.63, 3.8) is 0 Å². The normalized spacial score (nSPS) is 10.3. The van der Waals surface area contributed by atoms with Gasteiger partial charge in [0.05, 0.1) is 7.11 Å². The molecule has 0 unspecified atom stereocenters. The molecule has 0 atom stereocenters. The first-order chi connectivity index (χ1) is 12.1. The molecule has 0 saturated heterocycles. The van der Waals surface area contributed by atoms with E-state index in [2.05, 4.69) is 5.32 Å². The van der Waals surface area contributed by atoms with Gasteiger partial charge >= 0.3 is 0 Å². The second-order valence-electron chi connectivity index (χ2n) is 5.85. The van der Waals surface area contributed by atoms with E-state index in [1.807, 2.05) is 24.3 Å². The molecule has 0 fully saturated rings. The minimum Gasteiger partial charge on any atom is -0.497 e. The molecule has 132 valence electrons. The number of ether oxygens (including phenoxy) is 1. The third-order valence-electron chi connectivity index (χ3n) is 3.94. The Morgan fingerprint density at radius 3 is 2.32 bits per heavy atom. The van der Waals surface area contributed by atoms with E-state index in [0.717, 1.165) is 23.4 Å². The van der Waals surface area contributed by atoms with Gasteiger partial charge in [-0.05, 0) is 54.8 Å². The molecule has 5 nitrogen and oxygen atoms in total. The van der Waals surface area contributed by atoms with Gasteiger partial charge in [0, 0.05) is 30.6 Å². The molecular weight excluding hydrogens is 316 g/mol. The third-order valence-corrected chi connectivity index (χ3v) is 3.94. The summed E-state index contributed by atoms with van der Waals surface area (Å²) in [5.74, 6) is 0.729. The summed E-state index contributed by atoms with van der Waals surface area (Å²) in [5.41, 5.74) is 8.14. The lowest BCUT2D eigenvalue weighted by atomic mass is 10.1. The Morgan fingerprint density at radius 2 is 1.68 bits per heavy atom. The average molecular weight is 340 g/mol. The number of nitrogen functional groups attached to an aromatic ring is 1. The molecule has 0 aliphatic heterocycles. The summed E-state index contributed by atoms with van der Waals surface area (Å²) in [6.07, 6.45) is 2.01. The second kappa shape index (κ2) is 9.47. The van der Waals surface area contributed by atoms with Crippen molar-refractivity contribution in [3.05, 3.63) is 59.7 Å². The van der Waals surface area contributed by atoms with Crippen LogP contribution in [-0.2, 0) is 11.2 Å². The van der Waals surface area contributed by atoms with E-state index in [1.165, 1.54) is 0 Å². The molecule has 2 rings (SSSR count). The van der Waals surface area contributed by atoms with Crippen LogP contribution in [0.2, 0.25) is 0 Å². The molecule has 25 heavy (non-hydrogen) atoms. The van der Waals surface area contributed by atoms with E-state index in [9.17, 15) is 9.59 Å². The molecule has 0 aliphatic carbocycles. The number of carbonyl (C=O) groups is 2. The Bertz CT molecular complexity index is 694. The molecule has 0 radical (unpaired) electrons. The number of hydrogen-bond acceptors (Lipinski definition) is 4. The van der Waals surface area contributed by atoms with Gasteiger partial charge in [0.25, 0.3) is 0 Å². The van der Waals surface area contributed by atoms with Gasteiger partial charge in [-0.15, -0.1) is 0 Å². The maximum atomic E-state index is 12.1. The highest BCUT2D eigenvalue weighted by molar-refractivity contribution is 5.96. The summed E-state index contributed by atoms with van der Waals surface area (Å²) < 4.78 is 5.07. The fourth-order valence-corrected chi connectivity index (χ4v) is 2.45.